The van der Waals surface area contributed by atoms with E-state index in [2.05, 4.69) is 5.32 Å². The molecule has 0 aliphatic rings. The van der Waals surface area contributed by atoms with Crippen LogP contribution in [-0.4, -0.2) is 34.2 Å². The van der Waals surface area contributed by atoms with Crippen LogP contribution < -0.4 is 14.4 Å². The summed E-state index contributed by atoms with van der Waals surface area (Å²) in [6, 6.07) is 12.5. The molecule has 7 heteroatoms. The van der Waals surface area contributed by atoms with Gasteiger partial charge >= 0.3 is 0 Å². The number of aryl methyl sites for hydroxylation is 2. The Balaban J connectivity index is 2.20. The highest BCUT2D eigenvalue weighted by Crippen LogP contribution is 2.29. The molecular weight excluding hydrogens is 364 g/mol. The molecule has 2 aromatic rings. The molecule has 0 bridgehead atoms. The van der Waals surface area contributed by atoms with E-state index in [1.54, 1.807) is 24.3 Å². The molecule has 0 saturated heterocycles. The predicted molar refractivity (Wildman–Crippen MR) is 108 cm³/mol. The lowest BCUT2D eigenvalue weighted by atomic mass is 10.0. The fourth-order valence-corrected chi connectivity index (χ4v) is 3.61. The van der Waals surface area contributed by atoms with Crippen molar-refractivity contribution < 1.29 is 17.9 Å². The van der Waals surface area contributed by atoms with Crippen molar-refractivity contribution in [3.8, 4) is 5.75 Å². The van der Waals surface area contributed by atoms with Crippen molar-refractivity contribution in [1.82, 2.24) is 5.32 Å². The molecule has 0 aliphatic carbocycles. The van der Waals surface area contributed by atoms with E-state index in [-0.39, 0.29) is 12.6 Å². The van der Waals surface area contributed by atoms with Crippen LogP contribution >= 0.6 is 0 Å². The highest BCUT2D eigenvalue weighted by molar-refractivity contribution is 7.92. The van der Waals surface area contributed by atoms with Gasteiger partial charge in [-0.2, -0.15) is 0 Å². The molecule has 0 saturated carbocycles. The van der Waals surface area contributed by atoms with E-state index in [4.69, 9.17) is 4.74 Å². The van der Waals surface area contributed by atoms with E-state index in [0.717, 1.165) is 21.7 Å². The zero-order valence-corrected chi connectivity index (χ0v) is 17.1. The number of nitrogens with zero attached hydrogens (tertiary/aromatic N) is 1. The van der Waals surface area contributed by atoms with Crippen molar-refractivity contribution >= 4 is 21.6 Å². The van der Waals surface area contributed by atoms with Crippen molar-refractivity contribution in [2.24, 2.45) is 0 Å². The third-order valence-corrected chi connectivity index (χ3v) is 5.58. The molecule has 0 fully saturated rings. The van der Waals surface area contributed by atoms with Gasteiger partial charge in [0.25, 0.3) is 0 Å². The van der Waals surface area contributed by atoms with E-state index in [0.29, 0.717) is 11.4 Å². The monoisotopic (exact) mass is 390 g/mol. The third-order valence-electron chi connectivity index (χ3n) is 4.45. The van der Waals surface area contributed by atoms with Gasteiger partial charge in [0.1, 0.15) is 12.3 Å². The minimum absolute atomic E-state index is 0.240. The molecule has 2 aromatic carbocycles. The number of hydrogen-bond acceptors (Lipinski definition) is 4. The Hall–Kier alpha value is -2.54. The lowest BCUT2D eigenvalue weighted by Gasteiger charge is -2.24. The second-order valence-corrected chi connectivity index (χ2v) is 8.48. The molecule has 0 radical (unpaired) electrons. The Labute approximate surface area is 161 Å². The van der Waals surface area contributed by atoms with Crippen molar-refractivity contribution in [1.29, 1.82) is 0 Å². The first-order valence-electron chi connectivity index (χ1n) is 8.60. The van der Waals surface area contributed by atoms with Gasteiger partial charge in [-0.05, 0) is 49.6 Å². The smallest absolute Gasteiger partial charge is 0.241 e. The number of amides is 1. The molecule has 0 aromatic heterocycles. The highest BCUT2D eigenvalue weighted by Gasteiger charge is 2.24. The van der Waals surface area contributed by atoms with Crippen LogP contribution in [0, 0.1) is 13.8 Å². The quantitative estimate of drug-likeness (QED) is 0.789. The molecule has 0 unspecified atom stereocenters. The zero-order chi connectivity index (χ0) is 20.2. The Morgan fingerprint density at radius 2 is 1.81 bits per heavy atom. The van der Waals surface area contributed by atoms with Gasteiger partial charge < -0.3 is 10.1 Å². The van der Waals surface area contributed by atoms with Crippen LogP contribution in [0.1, 0.15) is 29.7 Å². The van der Waals surface area contributed by atoms with Crippen molar-refractivity contribution in [3.05, 3.63) is 59.2 Å². The van der Waals surface area contributed by atoms with E-state index < -0.39 is 15.9 Å². The summed E-state index contributed by atoms with van der Waals surface area (Å²) in [6.45, 7) is 5.59. The number of sulfonamides is 1. The molecule has 1 amide bonds. The summed E-state index contributed by atoms with van der Waals surface area (Å²) >= 11 is 0. The maximum absolute atomic E-state index is 12.6. The maximum atomic E-state index is 12.6. The fourth-order valence-electron chi connectivity index (χ4n) is 2.75. The van der Waals surface area contributed by atoms with E-state index in [1.807, 2.05) is 39.0 Å². The second kappa shape index (κ2) is 8.43. The number of para-hydroxylation sites is 2. The molecular formula is C20H26N2O4S. The van der Waals surface area contributed by atoms with Gasteiger partial charge in [-0.15, -0.1) is 0 Å². The Morgan fingerprint density at radius 3 is 2.41 bits per heavy atom. The van der Waals surface area contributed by atoms with E-state index >= 15 is 0 Å². The first kappa shape index (κ1) is 20.8. The van der Waals surface area contributed by atoms with Crippen LogP contribution in [0.4, 0.5) is 5.69 Å². The topological polar surface area (TPSA) is 75.7 Å². The highest BCUT2D eigenvalue weighted by atomic mass is 32.2. The summed E-state index contributed by atoms with van der Waals surface area (Å²) in [5, 5.41) is 2.87. The number of carbonyl (C=O) groups is 1. The standard InChI is InChI=1S/C20H26N2O4S/c1-14-10-11-17(12-15(14)2)16(3)21-20(23)13-22(27(5,24)25)18-8-6-7-9-19(18)26-4/h6-12,16H,13H2,1-5H3,(H,21,23)/t16-/m1/s1. The number of methoxy groups -OCH3 is 1. The lowest BCUT2D eigenvalue weighted by Crippen LogP contribution is -2.41. The summed E-state index contributed by atoms with van der Waals surface area (Å²) in [5.74, 6) is -0.00464. The summed E-state index contributed by atoms with van der Waals surface area (Å²) in [5.41, 5.74) is 3.61. The minimum Gasteiger partial charge on any atom is -0.495 e. The normalized spacial score (nSPS) is 12.3. The van der Waals surface area contributed by atoms with Crippen LogP contribution in [0.5, 0.6) is 5.75 Å². The SMILES string of the molecule is COc1ccccc1N(CC(=O)N[C@H](C)c1ccc(C)c(C)c1)S(C)(=O)=O. The molecule has 27 heavy (non-hydrogen) atoms. The van der Waals surface area contributed by atoms with Gasteiger partial charge in [-0.25, -0.2) is 8.42 Å². The summed E-state index contributed by atoms with van der Waals surface area (Å²) in [4.78, 5) is 12.6. The number of anilines is 1. The van der Waals surface area contributed by atoms with Crippen LogP contribution in [0.15, 0.2) is 42.5 Å². The van der Waals surface area contributed by atoms with Crippen LogP contribution in [0.25, 0.3) is 0 Å². The largest absolute Gasteiger partial charge is 0.495 e. The lowest BCUT2D eigenvalue weighted by molar-refractivity contribution is -0.120. The minimum atomic E-state index is -3.67. The third kappa shape index (κ3) is 5.23. The number of carbonyl (C=O) groups excluding carboxylic acids is 1. The predicted octanol–water partition coefficient (Wildman–Crippen LogP) is 2.96. The number of rotatable bonds is 7. The molecule has 6 nitrogen and oxygen atoms in total. The van der Waals surface area contributed by atoms with Gasteiger partial charge in [0.05, 0.1) is 25.1 Å². The van der Waals surface area contributed by atoms with Crippen molar-refractivity contribution in [2.75, 3.05) is 24.2 Å². The van der Waals surface area contributed by atoms with Gasteiger partial charge in [0.2, 0.25) is 15.9 Å². The zero-order valence-electron chi connectivity index (χ0n) is 16.3. The first-order chi connectivity index (χ1) is 12.6. The Morgan fingerprint density at radius 1 is 1.15 bits per heavy atom. The summed E-state index contributed by atoms with van der Waals surface area (Å²) < 4.78 is 30.8. The molecule has 1 atom stereocenters. The number of hydrogen-bond donors (Lipinski definition) is 1. The van der Waals surface area contributed by atoms with Gasteiger partial charge in [-0.3, -0.25) is 9.10 Å². The summed E-state index contributed by atoms with van der Waals surface area (Å²) in [6.07, 6.45) is 1.07. The summed E-state index contributed by atoms with van der Waals surface area (Å²) in [7, 11) is -2.21. The van der Waals surface area contributed by atoms with Crippen LogP contribution in [-0.2, 0) is 14.8 Å². The molecule has 2 rings (SSSR count). The Bertz CT molecular complexity index is 925. The average molecular weight is 391 g/mol. The second-order valence-electron chi connectivity index (χ2n) is 6.57. The number of nitrogens with one attached hydrogen (secondary N) is 1. The molecule has 0 aliphatic heterocycles. The van der Waals surface area contributed by atoms with Gasteiger partial charge in [0, 0.05) is 0 Å². The van der Waals surface area contributed by atoms with Crippen LogP contribution in [0.3, 0.4) is 0 Å². The van der Waals surface area contributed by atoms with Gasteiger partial charge in [0.15, 0.2) is 0 Å². The maximum Gasteiger partial charge on any atom is 0.241 e. The first-order valence-corrected chi connectivity index (χ1v) is 10.5. The fraction of sp³-hybridized carbons (Fsp3) is 0.350. The van der Waals surface area contributed by atoms with Crippen molar-refractivity contribution in [2.45, 2.75) is 26.8 Å². The van der Waals surface area contributed by atoms with Crippen molar-refractivity contribution in [3.63, 3.8) is 0 Å². The Kier molecular flexibility index (Phi) is 6.49. The molecule has 0 heterocycles. The van der Waals surface area contributed by atoms with E-state index in [1.165, 1.54) is 12.7 Å². The average Bonchev–Trinajstić information content (AvgIpc) is 2.61. The van der Waals surface area contributed by atoms with E-state index in [9.17, 15) is 13.2 Å². The number of ether oxygens (including phenoxy) is 1. The molecule has 146 valence electrons. The van der Waals surface area contributed by atoms with Gasteiger partial charge in [-0.1, -0.05) is 30.3 Å². The van der Waals surface area contributed by atoms with Crippen LogP contribution in [0.2, 0.25) is 0 Å². The molecule has 0 spiro atoms. The number of benzene rings is 2. The molecule has 1 N–H and O–H groups in total.